The molecule has 1 fully saturated rings. The molecule has 1 saturated carbocycles. The third-order valence-corrected chi connectivity index (χ3v) is 2.61. The van der Waals surface area contributed by atoms with Crippen LogP contribution in [0.15, 0.2) is 0 Å². The second-order valence-electron chi connectivity index (χ2n) is 3.61. The number of rotatable bonds is 4. The second-order valence-corrected chi connectivity index (χ2v) is 3.61. The molecule has 0 saturated heterocycles. The van der Waals surface area contributed by atoms with Crippen LogP contribution in [0.3, 0.4) is 0 Å². The number of carbonyl (C=O) groups excluding carboxylic acids is 1. The van der Waals surface area contributed by atoms with Gasteiger partial charge in [0.05, 0.1) is 6.42 Å². The number of hydrogen-bond acceptors (Lipinski definition) is 1. The van der Waals surface area contributed by atoms with Crippen LogP contribution in [0.1, 0.15) is 44.9 Å². The van der Waals surface area contributed by atoms with E-state index in [9.17, 15) is 4.79 Å². The standard InChI is InChI=1S/C11H16O/c1-2-5-11(12)9-8-10-6-3-4-7-10/h1,10H,3-9H2. The molecule has 1 rings (SSSR count). The first-order valence-corrected chi connectivity index (χ1v) is 4.78. The van der Waals surface area contributed by atoms with E-state index in [2.05, 4.69) is 5.92 Å². The fourth-order valence-electron chi connectivity index (χ4n) is 1.87. The highest BCUT2D eigenvalue weighted by Gasteiger charge is 2.15. The van der Waals surface area contributed by atoms with E-state index in [1.165, 1.54) is 25.7 Å². The molecule has 0 aliphatic heterocycles. The average molecular weight is 164 g/mol. The smallest absolute Gasteiger partial charge is 0.144 e. The van der Waals surface area contributed by atoms with Crippen LogP contribution in [0.4, 0.5) is 0 Å². The minimum atomic E-state index is 0.240. The monoisotopic (exact) mass is 164 g/mol. The first kappa shape index (κ1) is 9.32. The highest BCUT2D eigenvalue weighted by Crippen LogP contribution is 2.28. The summed E-state index contributed by atoms with van der Waals surface area (Å²) >= 11 is 0. The van der Waals surface area contributed by atoms with Crippen molar-refractivity contribution in [1.29, 1.82) is 0 Å². The molecule has 12 heavy (non-hydrogen) atoms. The Labute approximate surface area is 74.5 Å². The molecular weight excluding hydrogens is 148 g/mol. The maximum atomic E-state index is 11.1. The van der Waals surface area contributed by atoms with E-state index in [-0.39, 0.29) is 5.78 Å². The molecule has 0 aromatic rings. The second kappa shape index (κ2) is 4.98. The van der Waals surface area contributed by atoms with Gasteiger partial charge in [0.25, 0.3) is 0 Å². The molecular formula is C11H16O. The van der Waals surface area contributed by atoms with Gasteiger partial charge >= 0.3 is 0 Å². The number of terminal acetylenes is 1. The minimum absolute atomic E-state index is 0.240. The molecule has 0 heterocycles. The number of carbonyl (C=O) groups is 1. The Morgan fingerprint density at radius 3 is 2.67 bits per heavy atom. The normalized spacial score (nSPS) is 17.6. The van der Waals surface area contributed by atoms with Crippen molar-refractivity contribution in [3.05, 3.63) is 0 Å². The lowest BCUT2D eigenvalue weighted by molar-refractivity contribution is -0.118. The number of hydrogen-bond donors (Lipinski definition) is 0. The molecule has 0 amide bonds. The quantitative estimate of drug-likeness (QED) is 0.583. The summed E-state index contributed by atoms with van der Waals surface area (Å²) in [5.41, 5.74) is 0. The van der Waals surface area contributed by atoms with E-state index in [0.717, 1.165) is 12.3 Å². The molecule has 1 aliphatic carbocycles. The predicted octanol–water partition coefficient (Wildman–Crippen LogP) is 2.55. The summed E-state index contributed by atoms with van der Waals surface area (Å²) in [6, 6.07) is 0. The Morgan fingerprint density at radius 1 is 1.42 bits per heavy atom. The number of Topliss-reactive ketones (excluding diaryl/α,β-unsaturated/α-hetero) is 1. The molecule has 1 heteroatoms. The average Bonchev–Trinajstić information content (AvgIpc) is 2.53. The molecule has 0 unspecified atom stereocenters. The lowest BCUT2D eigenvalue weighted by Crippen LogP contribution is -2.00. The summed E-state index contributed by atoms with van der Waals surface area (Å²) < 4.78 is 0. The van der Waals surface area contributed by atoms with Crippen molar-refractivity contribution in [1.82, 2.24) is 0 Å². The molecule has 0 atom stereocenters. The summed E-state index contributed by atoms with van der Waals surface area (Å²) in [5, 5.41) is 0. The van der Waals surface area contributed by atoms with Crippen LogP contribution in [-0.4, -0.2) is 5.78 Å². The van der Waals surface area contributed by atoms with Gasteiger partial charge in [-0.25, -0.2) is 0 Å². The Morgan fingerprint density at radius 2 is 2.08 bits per heavy atom. The Bertz CT molecular complexity index is 182. The highest BCUT2D eigenvalue weighted by atomic mass is 16.1. The molecule has 0 aromatic carbocycles. The molecule has 1 nitrogen and oxygen atoms in total. The van der Waals surface area contributed by atoms with Crippen molar-refractivity contribution in [2.75, 3.05) is 0 Å². The van der Waals surface area contributed by atoms with Gasteiger partial charge in [0.2, 0.25) is 0 Å². The SMILES string of the molecule is C#CCC(=O)CCC1CCCC1. The molecule has 0 N–H and O–H groups in total. The molecule has 1 aliphatic rings. The van der Waals surface area contributed by atoms with Crippen LogP contribution < -0.4 is 0 Å². The van der Waals surface area contributed by atoms with Crippen LogP contribution in [0, 0.1) is 18.3 Å². The van der Waals surface area contributed by atoms with Crippen molar-refractivity contribution in [3.8, 4) is 12.3 Å². The maximum Gasteiger partial charge on any atom is 0.144 e. The molecule has 0 bridgehead atoms. The largest absolute Gasteiger partial charge is 0.299 e. The van der Waals surface area contributed by atoms with Gasteiger partial charge in [0.1, 0.15) is 5.78 Å². The van der Waals surface area contributed by atoms with Crippen LogP contribution in [0.25, 0.3) is 0 Å². The third kappa shape index (κ3) is 3.09. The topological polar surface area (TPSA) is 17.1 Å². The van der Waals surface area contributed by atoms with Crippen molar-refractivity contribution in [2.45, 2.75) is 44.9 Å². The zero-order chi connectivity index (χ0) is 8.81. The highest BCUT2D eigenvalue weighted by molar-refractivity contribution is 5.80. The fraction of sp³-hybridized carbons (Fsp3) is 0.727. The van der Waals surface area contributed by atoms with Crippen LogP contribution in [0.2, 0.25) is 0 Å². The molecule has 0 spiro atoms. The first-order chi connectivity index (χ1) is 5.83. The van der Waals surface area contributed by atoms with Crippen LogP contribution >= 0.6 is 0 Å². The third-order valence-electron chi connectivity index (χ3n) is 2.61. The minimum Gasteiger partial charge on any atom is -0.299 e. The lowest BCUT2D eigenvalue weighted by atomic mass is 9.99. The molecule has 0 aromatic heterocycles. The van der Waals surface area contributed by atoms with E-state index in [1.54, 1.807) is 0 Å². The Hall–Kier alpha value is -0.770. The van der Waals surface area contributed by atoms with E-state index in [4.69, 9.17) is 6.42 Å². The van der Waals surface area contributed by atoms with E-state index in [1.807, 2.05) is 0 Å². The summed E-state index contributed by atoms with van der Waals surface area (Å²) in [6.45, 7) is 0. The summed E-state index contributed by atoms with van der Waals surface area (Å²) in [5.74, 6) is 3.45. The van der Waals surface area contributed by atoms with Gasteiger partial charge in [-0.2, -0.15) is 0 Å². The van der Waals surface area contributed by atoms with Gasteiger partial charge in [-0.1, -0.05) is 31.6 Å². The van der Waals surface area contributed by atoms with E-state index < -0.39 is 0 Å². The van der Waals surface area contributed by atoms with Crippen molar-refractivity contribution < 1.29 is 4.79 Å². The van der Waals surface area contributed by atoms with Crippen molar-refractivity contribution in [3.63, 3.8) is 0 Å². The van der Waals surface area contributed by atoms with Gasteiger partial charge in [-0.3, -0.25) is 4.79 Å². The maximum absolute atomic E-state index is 11.1. The van der Waals surface area contributed by atoms with Gasteiger partial charge in [-0.15, -0.1) is 6.42 Å². The number of ketones is 1. The summed E-state index contributed by atoms with van der Waals surface area (Å²) in [4.78, 5) is 11.1. The molecule has 66 valence electrons. The van der Waals surface area contributed by atoms with Crippen LogP contribution in [-0.2, 0) is 4.79 Å². The van der Waals surface area contributed by atoms with Crippen molar-refractivity contribution >= 4 is 5.78 Å². The summed E-state index contributed by atoms with van der Waals surface area (Å²) in [7, 11) is 0. The van der Waals surface area contributed by atoms with Crippen LogP contribution in [0.5, 0.6) is 0 Å². The first-order valence-electron chi connectivity index (χ1n) is 4.78. The predicted molar refractivity (Wildman–Crippen MR) is 49.6 cm³/mol. The fourth-order valence-corrected chi connectivity index (χ4v) is 1.87. The lowest BCUT2D eigenvalue weighted by Gasteiger charge is -2.05. The molecule has 0 radical (unpaired) electrons. The Balaban J connectivity index is 2.08. The Kier molecular flexibility index (Phi) is 3.87. The van der Waals surface area contributed by atoms with Gasteiger partial charge in [0, 0.05) is 6.42 Å². The summed E-state index contributed by atoms with van der Waals surface area (Å²) in [6.07, 6.45) is 12.5. The van der Waals surface area contributed by atoms with Gasteiger partial charge in [0.15, 0.2) is 0 Å². The van der Waals surface area contributed by atoms with E-state index >= 15 is 0 Å². The zero-order valence-electron chi connectivity index (χ0n) is 7.51. The van der Waals surface area contributed by atoms with Crippen molar-refractivity contribution in [2.24, 2.45) is 5.92 Å². The zero-order valence-corrected chi connectivity index (χ0v) is 7.51. The van der Waals surface area contributed by atoms with E-state index in [0.29, 0.717) is 12.8 Å². The van der Waals surface area contributed by atoms with Gasteiger partial charge in [-0.05, 0) is 12.3 Å². The van der Waals surface area contributed by atoms with Gasteiger partial charge < -0.3 is 0 Å².